The van der Waals surface area contributed by atoms with Crippen molar-refractivity contribution < 1.29 is 8.42 Å². The molecule has 0 aromatic heterocycles. The van der Waals surface area contributed by atoms with Gasteiger partial charge in [0.2, 0.25) is 10.0 Å². The lowest BCUT2D eigenvalue weighted by Gasteiger charge is -2.29. The fourth-order valence-electron chi connectivity index (χ4n) is 3.12. The zero-order valence-electron chi connectivity index (χ0n) is 13.2. The number of nitrogens with zero attached hydrogens (tertiary/aromatic N) is 1. The van der Waals surface area contributed by atoms with Gasteiger partial charge in [-0.15, -0.1) is 0 Å². The zero-order valence-corrected chi connectivity index (χ0v) is 14.0. The average molecular weight is 310 g/mol. The molecule has 2 N–H and O–H groups in total. The van der Waals surface area contributed by atoms with Crippen LogP contribution in [0.3, 0.4) is 0 Å². The topological polar surface area (TPSA) is 63.4 Å². The van der Waals surface area contributed by atoms with Crippen molar-refractivity contribution in [3.63, 3.8) is 0 Å². The van der Waals surface area contributed by atoms with Gasteiger partial charge in [-0.25, -0.2) is 8.42 Å². The zero-order chi connectivity index (χ0) is 15.6. The monoisotopic (exact) mass is 310 g/mol. The highest BCUT2D eigenvalue weighted by molar-refractivity contribution is 7.89. The van der Waals surface area contributed by atoms with E-state index in [9.17, 15) is 8.42 Å². The second kappa shape index (κ2) is 6.36. The van der Waals surface area contributed by atoms with E-state index in [-0.39, 0.29) is 6.04 Å². The van der Waals surface area contributed by atoms with Gasteiger partial charge < -0.3 is 5.73 Å². The number of nitrogen functional groups attached to an aromatic ring is 1. The molecule has 1 unspecified atom stereocenters. The van der Waals surface area contributed by atoms with Crippen LogP contribution in [0.15, 0.2) is 17.0 Å². The molecular formula is C16H26N2O2S. The highest BCUT2D eigenvalue weighted by Gasteiger charge is 2.32. The van der Waals surface area contributed by atoms with Crippen molar-refractivity contribution in [2.75, 3.05) is 12.3 Å². The third-order valence-corrected chi connectivity index (χ3v) is 6.50. The van der Waals surface area contributed by atoms with Gasteiger partial charge in [0.25, 0.3) is 0 Å². The van der Waals surface area contributed by atoms with Crippen molar-refractivity contribution in [2.24, 2.45) is 0 Å². The van der Waals surface area contributed by atoms with Crippen LogP contribution >= 0.6 is 0 Å². The van der Waals surface area contributed by atoms with Crippen LogP contribution in [0.25, 0.3) is 0 Å². The van der Waals surface area contributed by atoms with E-state index in [1.807, 2.05) is 13.0 Å². The predicted molar refractivity (Wildman–Crippen MR) is 86.8 cm³/mol. The van der Waals surface area contributed by atoms with Crippen LogP contribution in [0, 0.1) is 13.8 Å². The Morgan fingerprint density at radius 1 is 1.24 bits per heavy atom. The lowest BCUT2D eigenvalue weighted by Crippen LogP contribution is -2.40. The summed E-state index contributed by atoms with van der Waals surface area (Å²) in [6.45, 7) is 6.36. The Labute approximate surface area is 128 Å². The molecule has 0 amide bonds. The van der Waals surface area contributed by atoms with Crippen LogP contribution in [-0.4, -0.2) is 25.3 Å². The normalized spacial score (nSPS) is 21.2. The van der Waals surface area contributed by atoms with E-state index in [0.29, 0.717) is 22.7 Å². The number of aryl methyl sites for hydroxylation is 1. The van der Waals surface area contributed by atoms with Crippen LogP contribution in [0.2, 0.25) is 0 Å². The van der Waals surface area contributed by atoms with Crippen molar-refractivity contribution >= 4 is 15.7 Å². The van der Waals surface area contributed by atoms with E-state index in [1.165, 1.54) is 0 Å². The molecule has 1 aliphatic heterocycles. The quantitative estimate of drug-likeness (QED) is 0.872. The van der Waals surface area contributed by atoms with Gasteiger partial charge in [-0.05, 0) is 56.4 Å². The van der Waals surface area contributed by atoms with E-state index in [4.69, 9.17) is 5.73 Å². The molecule has 1 fully saturated rings. The minimum Gasteiger partial charge on any atom is -0.398 e. The molecule has 1 saturated heterocycles. The lowest BCUT2D eigenvalue weighted by atomic mass is 10.1. The van der Waals surface area contributed by atoms with Crippen molar-refractivity contribution in [3.05, 3.63) is 23.3 Å². The Morgan fingerprint density at radius 2 is 1.95 bits per heavy atom. The van der Waals surface area contributed by atoms with Crippen LogP contribution in [0.1, 0.15) is 50.2 Å². The number of nitrogens with two attached hydrogens (primary N) is 1. The van der Waals surface area contributed by atoms with E-state index >= 15 is 0 Å². The fraction of sp³-hybridized carbons (Fsp3) is 0.625. The van der Waals surface area contributed by atoms with Crippen LogP contribution in [-0.2, 0) is 10.0 Å². The molecule has 1 aromatic carbocycles. The van der Waals surface area contributed by atoms with E-state index in [0.717, 1.165) is 37.7 Å². The first-order valence-electron chi connectivity index (χ1n) is 7.76. The van der Waals surface area contributed by atoms with Gasteiger partial charge in [0.05, 0.1) is 4.90 Å². The first-order valence-corrected chi connectivity index (χ1v) is 9.20. The summed E-state index contributed by atoms with van der Waals surface area (Å²) in [5, 5.41) is 0. The summed E-state index contributed by atoms with van der Waals surface area (Å²) in [6.07, 6.45) is 4.97. The maximum atomic E-state index is 13.1. The Kier molecular flexibility index (Phi) is 4.94. The summed E-state index contributed by atoms with van der Waals surface area (Å²) in [7, 11) is -3.47. The minimum atomic E-state index is -3.47. The molecule has 1 aromatic rings. The van der Waals surface area contributed by atoms with E-state index < -0.39 is 10.0 Å². The summed E-state index contributed by atoms with van der Waals surface area (Å²) < 4.78 is 27.9. The molecule has 1 heterocycles. The van der Waals surface area contributed by atoms with Gasteiger partial charge in [0.15, 0.2) is 0 Å². The molecule has 118 valence electrons. The highest BCUT2D eigenvalue weighted by Crippen LogP contribution is 2.30. The molecule has 21 heavy (non-hydrogen) atoms. The molecule has 4 nitrogen and oxygen atoms in total. The van der Waals surface area contributed by atoms with Crippen LogP contribution in [0.5, 0.6) is 0 Å². The largest absolute Gasteiger partial charge is 0.398 e. The summed E-state index contributed by atoms with van der Waals surface area (Å²) >= 11 is 0. The molecule has 0 bridgehead atoms. The maximum Gasteiger partial charge on any atom is 0.243 e. The number of benzene rings is 1. The molecule has 0 aliphatic carbocycles. The SMILES string of the molecule is CCC1CCCCCN1S(=O)(=O)c1cc(C)cc(N)c1C. The predicted octanol–water partition coefficient (Wildman–Crippen LogP) is 3.23. The summed E-state index contributed by atoms with van der Waals surface area (Å²) in [5.41, 5.74) is 8.07. The first-order chi connectivity index (χ1) is 9.87. The average Bonchev–Trinajstić information content (AvgIpc) is 2.68. The number of hydrogen-bond donors (Lipinski definition) is 1. The summed E-state index contributed by atoms with van der Waals surface area (Å²) in [4.78, 5) is 0.375. The van der Waals surface area contributed by atoms with Crippen molar-refractivity contribution in [1.82, 2.24) is 4.31 Å². The van der Waals surface area contributed by atoms with Crippen molar-refractivity contribution in [3.8, 4) is 0 Å². The molecule has 2 rings (SSSR count). The minimum absolute atomic E-state index is 0.110. The first kappa shape index (κ1) is 16.3. The Bertz CT molecular complexity index is 611. The van der Waals surface area contributed by atoms with Crippen molar-refractivity contribution in [2.45, 2.75) is 63.8 Å². The molecule has 1 atom stereocenters. The fourth-order valence-corrected chi connectivity index (χ4v) is 5.23. The van der Waals surface area contributed by atoms with Gasteiger partial charge in [0, 0.05) is 18.3 Å². The second-order valence-corrected chi connectivity index (χ2v) is 7.86. The van der Waals surface area contributed by atoms with E-state index in [1.54, 1.807) is 17.3 Å². The lowest BCUT2D eigenvalue weighted by molar-refractivity contribution is 0.315. The summed E-state index contributed by atoms with van der Waals surface area (Å²) in [6, 6.07) is 3.69. The number of sulfonamides is 1. The number of rotatable bonds is 3. The Hall–Kier alpha value is -1.07. The molecule has 0 spiro atoms. The molecule has 0 radical (unpaired) electrons. The van der Waals surface area contributed by atoms with Gasteiger partial charge >= 0.3 is 0 Å². The maximum absolute atomic E-state index is 13.1. The summed E-state index contributed by atoms with van der Waals surface area (Å²) in [5.74, 6) is 0. The molecule has 1 aliphatic rings. The third kappa shape index (κ3) is 3.24. The molecule has 5 heteroatoms. The van der Waals surface area contributed by atoms with Gasteiger partial charge in [-0.2, -0.15) is 4.31 Å². The Morgan fingerprint density at radius 3 is 2.62 bits per heavy atom. The second-order valence-electron chi connectivity index (χ2n) is 6.00. The van der Waals surface area contributed by atoms with Gasteiger partial charge in [0.1, 0.15) is 0 Å². The molecule has 0 saturated carbocycles. The Balaban J connectivity index is 2.50. The van der Waals surface area contributed by atoms with E-state index in [2.05, 4.69) is 6.92 Å². The number of anilines is 1. The standard InChI is InChI=1S/C16H26N2O2S/c1-4-14-8-6-5-7-9-18(14)21(19,20)16-11-12(2)10-15(17)13(16)3/h10-11,14H,4-9,17H2,1-3H3. The van der Waals surface area contributed by atoms with Crippen LogP contribution in [0.4, 0.5) is 5.69 Å². The highest BCUT2D eigenvalue weighted by atomic mass is 32.2. The van der Waals surface area contributed by atoms with Gasteiger partial charge in [-0.3, -0.25) is 0 Å². The van der Waals surface area contributed by atoms with Gasteiger partial charge in [-0.1, -0.05) is 19.8 Å². The smallest absolute Gasteiger partial charge is 0.243 e. The molecular weight excluding hydrogens is 284 g/mol. The van der Waals surface area contributed by atoms with Crippen LogP contribution < -0.4 is 5.73 Å². The number of hydrogen-bond acceptors (Lipinski definition) is 3. The third-order valence-electron chi connectivity index (χ3n) is 4.43. The van der Waals surface area contributed by atoms with Crippen molar-refractivity contribution in [1.29, 1.82) is 0 Å².